The van der Waals surface area contributed by atoms with Crippen LogP contribution in [0, 0.1) is 6.92 Å². The first-order chi connectivity index (χ1) is 14.1. The van der Waals surface area contributed by atoms with Crippen LogP contribution in [0.2, 0.25) is 0 Å². The molecule has 0 N–H and O–H groups in total. The predicted octanol–water partition coefficient (Wildman–Crippen LogP) is 2.86. The number of furan rings is 1. The van der Waals surface area contributed by atoms with Gasteiger partial charge >= 0.3 is 0 Å². The fourth-order valence-electron chi connectivity index (χ4n) is 3.34. The van der Waals surface area contributed by atoms with Crippen molar-refractivity contribution < 1.29 is 18.7 Å². The SMILES string of the molecule is COCCN(CCOC)CC(=O)N1N=C(c2ccc(C)cc2)CC1c1ccco1. The second kappa shape index (κ2) is 10.3. The van der Waals surface area contributed by atoms with Crippen LogP contribution in [-0.2, 0) is 14.3 Å². The summed E-state index contributed by atoms with van der Waals surface area (Å²) in [6.45, 7) is 4.71. The molecule has 0 bridgehead atoms. The molecule has 1 unspecified atom stereocenters. The number of methoxy groups -OCH3 is 2. The topological polar surface area (TPSA) is 67.5 Å². The summed E-state index contributed by atoms with van der Waals surface area (Å²) in [6, 6.07) is 11.7. The van der Waals surface area contributed by atoms with Gasteiger partial charge in [0.25, 0.3) is 5.91 Å². The summed E-state index contributed by atoms with van der Waals surface area (Å²) in [5.41, 5.74) is 3.10. The van der Waals surface area contributed by atoms with Crippen LogP contribution in [0.3, 0.4) is 0 Å². The summed E-state index contributed by atoms with van der Waals surface area (Å²) < 4.78 is 16.0. The van der Waals surface area contributed by atoms with E-state index in [1.807, 2.05) is 29.2 Å². The van der Waals surface area contributed by atoms with Gasteiger partial charge in [-0.05, 0) is 24.6 Å². The van der Waals surface area contributed by atoms with Crippen molar-refractivity contribution in [2.45, 2.75) is 19.4 Å². The Bertz CT molecular complexity index is 794. The van der Waals surface area contributed by atoms with E-state index in [0.717, 1.165) is 17.0 Å². The highest BCUT2D eigenvalue weighted by Crippen LogP contribution is 2.33. The molecule has 0 saturated heterocycles. The number of nitrogens with zero attached hydrogens (tertiary/aromatic N) is 3. The molecule has 0 fully saturated rings. The molecule has 1 amide bonds. The predicted molar refractivity (Wildman–Crippen MR) is 111 cm³/mol. The Kier molecular flexibility index (Phi) is 7.57. The Morgan fingerprint density at radius 2 is 1.86 bits per heavy atom. The lowest BCUT2D eigenvalue weighted by molar-refractivity contribution is -0.134. The molecule has 0 spiro atoms. The highest BCUT2D eigenvalue weighted by Gasteiger charge is 2.35. The monoisotopic (exact) mass is 399 g/mol. The number of hydrazone groups is 1. The van der Waals surface area contributed by atoms with Crippen LogP contribution in [0.25, 0.3) is 0 Å². The molecular formula is C22H29N3O4. The highest BCUT2D eigenvalue weighted by atomic mass is 16.5. The van der Waals surface area contributed by atoms with Gasteiger partial charge in [-0.15, -0.1) is 0 Å². The van der Waals surface area contributed by atoms with Gasteiger partial charge in [-0.3, -0.25) is 9.69 Å². The molecule has 29 heavy (non-hydrogen) atoms. The molecule has 0 saturated carbocycles. The van der Waals surface area contributed by atoms with Gasteiger partial charge in [0.15, 0.2) is 0 Å². The van der Waals surface area contributed by atoms with Crippen molar-refractivity contribution in [3.63, 3.8) is 0 Å². The molecule has 1 aromatic carbocycles. The standard InChI is InChI=1S/C22H29N3O4/c1-17-6-8-18(9-7-17)19-15-20(21-5-4-12-29-21)25(23-19)22(26)16-24(10-13-27-2)11-14-28-3/h4-9,12,20H,10-11,13-16H2,1-3H3. The highest BCUT2D eigenvalue weighted by molar-refractivity contribution is 6.03. The Morgan fingerprint density at radius 3 is 2.45 bits per heavy atom. The molecule has 1 atom stereocenters. The first kappa shape index (κ1) is 21.2. The molecule has 1 aliphatic heterocycles. The van der Waals surface area contributed by atoms with Crippen molar-refractivity contribution in [1.29, 1.82) is 0 Å². The Balaban J connectivity index is 1.79. The van der Waals surface area contributed by atoms with E-state index in [4.69, 9.17) is 19.0 Å². The summed E-state index contributed by atoms with van der Waals surface area (Å²) in [5.74, 6) is 0.672. The molecule has 156 valence electrons. The summed E-state index contributed by atoms with van der Waals surface area (Å²) >= 11 is 0. The molecule has 0 radical (unpaired) electrons. The van der Waals surface area contributed by atoms with E-state index in [9.17, 15) is 4.79 Å². The van der Waals surface area contributed by atoms with E-state index in [1.165, 1.54) is 5.56 Å². The molecule has 3 rings (SSSR count). The van der Waals surface area contributed by atoms with Crippen molar-refractivity contribution in [3.8, 4) is 0 Å². The maximum absolute atomic E-state index is 13.2. The Morgan fingerprint density at radius 1 is 1.17 bits per heavy atom. The molecule has 2 heterocycles. The Hall–Kier alpha value is -2.48. The van der Waals surface area contributed by atoms with E-state index in [-0.39, 0.29) is 18.5 Å². The molecule has 1 aliphatic rings. The number of amides is 1. The average Bonchev–Trinajstić information content (AvgIpc) is 3.40. The largest absolute Gasteiger partial charge is 0.467 e. The summed E-state index contributed by atoms with van der Waals surface area (Å²) in [7, 11) is 3.31. The second-order valence-corrected chi connectivity index (χ2v) is 7.15. The number of hydrogen-bond acceptors (Lipinski definition) is 6. The molecule has 0 aliphatic carbocycles. The van der Waals surface area contributed by atoms with Crippen molar-refractivity contribution in [2.75, 3.05) is 47.1 Å². The van der Waals surface area contributed by atoms with Crippen LogP contribution in [0.15, 0.2) is 52.2 Å². The zero-order valence-electron chi connectivity index (χ0n) is 17.3. The molecular weight excluding hydrogens is 370 g/mol. The third kappa shape index (κ3) is 5.53. The van der Waals surface area contributed by atoms with E-state index in [1.54, 1.807) is 25.5 Å². The lowest BCUT2D eigenvalue weighted by atomic mass is 10.0. The summed E-state index contributed by atoms with van der Waals surface area (Å²) in [4.78, 5) is 15.2. The average molecular weight is 399 g/mol. The zero-order valence-corrected chi connectivity index (χ0v) is 17.3. The fraction of sp³-hybridized carbons (Fsp3) is 0.455. The molecule has 7 nitrogen and oxygen atoms in total. The summed E-state index contributed by atoms with van der Waals surface area (Å²) in [6.07, 6.45) is 2.25. The number of benzene rings is 1. The third-order valence-electron chi connectivity index (χ3n) is 5.00. The molecule has 7 heteroatoms. The Labute approximate surface area is 171 Å². The van der Waals surface area contributed by atoms with Crippen molar-refractivity contribution in [3.05, 3.63) is 59.5 Å². The number of aryl methyl sites for hydroxylation is 1. The van der Waals surface area contributed by atoms with Gasteiger partial charge in [-0.1, -0.05) is 29.8 Å². The maximum Gasteiger partial charge on any atom is 0.257 e. The van der Waals surface area contributed by atoms with Crippen LogP contribution in [0.4, 0.5) is 0 Å². The van der Waals surface area contributed by atoms with Gasteiger partial charge in [0.2, 0.25) is 0 Å². The minimum absolute atomic E-state index is 0.0688. The van der Waals surface area contributed by atoms with Crippen molar-refractivity contribution in [2.24, 2.45) is 5.10 Å². The number of hydrogen-bond donors (Lipinski definition) is 0. The fourth-order valence-corrected chi connectivity index (χ4v) is 3.34. The van der Waals surface area contributed by atoms with Crippen molar-refractivity contribution >= 4 is 11.6 Å². The van der Waals surface area contributed by atoms with E-state index in [2.05, 4.69) is 19.1 Å². The first-order valence-corrected chi connectivity index (χ1v) is 9.82. The lowest BCUT2D eigenvalue weighted by Crippen LogP contribution is -2.41. The number of ether oxygens (including phenoxy) is 2. The van der Waals surface area contributed by atoms with Crippen LogP contribution >= 0.6 is 0 Å². The summed E-state index contributed by atoms with van der Waals surface area (Å²) in [5, 5.41) is 6.26. The molecule has 2 aromatic rings. The van der Waals surface area contributed by atoms with E-state index < -0.39 is 0 Å². The van der Waals surface area contributed by atoms with Crippen molar-refractivity contribution in [1.82, 2.24) is 9.91 Å². The minimum atomic E-state index is -0.236. The van der Waals surface area contributed by atoms with Gasteiger partial charge in [0, 0.05) is 33.7 Å². The van der Waals surface area contributed by atoms with Gasteiger partial charge in [0.05, 0.1) is 31.7 Å². The van der Waals surface area contributed by atoms with Gasteiger partial charge in [-0.25, -0.2) is 5.01 Å². The zero-order chi connectivity index (χ0) is 20.6. The van der Waals surface area contributed by atoms with E-state index >= 15 is 0 Å². The van der Waals surface area contributed by atoms with Gasteiger partial charge in [0.1, 0.15) is 11.8 Å². The maximum atomic E-state index is 13.2. The van der Waals surface area contributed by atoms with Gasteiger partial charge < -0.3 is 13.9 Å². The normalized spacial score (nSPS) is 16.5. The number of carbonyl (C=O) groups is 1. The first-order valence-electron chi connectivity index (χ1n) is 9.82. The smallest absolute Gasteiger partial charge is 0.257 e. The minimum Gasteiger partial charge on any atom is -0.467 e. The number of rotatable bonds is 10. The third-order valence-corrected chi connectivity index (χ3v) is 5.00. The molecule has 1 aromatic heterocycles. The van der Waals surface area contributed by atoms with Crippen LogP contribution in [-0.4, -0.2) is 68.6 Å². The van der Waals surface area contributed by atoms with Crippen LogP contribution in [0.5, 0.6) is 0 Å². The number of carbonyl (C=O) groups excluding carboxylic acids is 1. The lowest BCUT2D eigenvalue weighted by Gasteiger charge is -2.25. The van der Waals surface area contributed by atoms with E-state index in [0.29, 0.717) is 32.7 Å². The van der Waals surface area contributed by atoms with Crippen LogP contribution < -0.4 is 0 Å². The van der Waals surface area contributed by atoms with Gasteiger partial charge in [-0.2, -0.15) is 5.10 Å². The quantitative estimate of drug-likeness (QED) is 0.615. The second-order valence-electron chi connectivity index (χ2n) is 7.15. The van der Waals surface area contributed by atoms with Crippen LogP contribution in [0.1, 0.15) is 29.3 Å².